The van der Waals surface area contributed by atoms with Crippen LogP contribution in [0.15, 0.2) is 65.3 Å². The van der Waals surface area contributed by atoms with E-state index in [9.17, 15) is 14.0 Å². The van der Waals surface area contributed by atoms with Gasteiger partial charge in [-0.1, -0.05) is 42.1 Å². The Balaban J connectivity index is 1.63. The smallest absolute Gasteiger partial charge is 0.283 e. The van der Waals surface area contributed by atoms with E-state index >= 15 is 0 Å². The third kappa shape index (κ3) is 4.56. The van der Waals surface area contributed by atoms with Crippen molar-refractivity contribution in [2.24, 2.45) is 4.99 Å². The van der Waals surface area contributed by atoms with Crippen LogP contribution in [0.25, 0.3) is 6.08 Å². The molecule has 1 atom stereocenters. The second-order valence-electron chi connectivity index (χ2n) is 6.99. The molecule has 0 aromatic heterocycles. The normalized spacial score (nSPS) is 18.7. The van der Waals surface area contributed by atoms with Crippen molar-refractivity contribution >= 4 is 40.5 Å². The lowest BCUT2D eigenvalue weighted by Crippen LogP contribution is -2.36. The molecule has 29 heavy (non-hydrogen) atoms. The fourth-order valence-electron chi connectivity index (χ4n) is 2.86. The van der Waals surface area contributed by atoms with Gasteiger partial charge in [0.2, 0.25) is 5.91 Å². The molecule has 1 N–H and O–H groups in total. The number of rotatable bonds is 5. The third-order valence-electron chi connectivity index (χ3n) is 4.59. The zero-order valence-electron chi connectivity index (χ0n) is 15.8. The predicted molar refractivity (Wildman–Crippen MR) is 114 cm³/mol. The number of nitrogens with one attached hydrogen (secondary N) is 1. The highest BCUT2D eigenvalue weighted by atomic mass is 32.2. The Morgan fingerprint density at radius 2 is 1.90 bits per heavy atom. The summed E-state index contributed by atoms with van der Waals surface area (Å²) in [5.41, 5.74) is 1.64. The Morgan fingerprint density at radius 1 is 1.21 bits per heavy atom. The molecule has 0 bridgehead atoms. The maximum Gasteiger partial charge on any atom is 0.283 e. The van der Waals surface area contributed by atoms with Crippen LogP contribution in [0.4, 0.5) is 10.1 Å². The quantitative estimate of drug-likeness (QED) is 0.760. The number of amides is 2. The molecule has 5 nitrogen and oxygen atoms in total. The maximum atomic E-state index is 13.4. The summed E-state index contributed by atoms with van der Waals surface area (Å²) in [7, 11) is 0. The molecule has 7 heteroatoms. The lowest BCUT2D eigenvalue weighted by atomic mass is 10.2. The molecule has 1 heterocycles. The molecule has 2 aromatic carbocycles. The summed E-state index contributed by atoms with van der Waals surface area (Å²) in [6.45, 7) is 1.79. The van der Waals surface area contributed by atoms with Gasteiger partial charge in [0.1, 0.15) is 11.5 Å². The van der Waals surface area contributed by atoms with Crippen molar-refractivity contribution < 1.29 is 14.0 Å². The van der Waals surface area contributed by atoms with Gasteiger partial charge in [0.05, 0.1) is 10.9 Å². The van der Waals surface area contributed by atoms with E-state index < -0.39 is 5.25 Å². The van der Waals surface area contributed by atoms with E-state index in [2.05, 4.69) is 10.3 Å². The van der Waals surface area contributed by atoms with Gasteiger partial charge in [-0.2, -0.15) is 0 Å². The topological polar surface area (TPSA) is 61.8 Å². The molecule has 1 fully saturated rings. The zero-order chi connectivity index (χ0) is 20.4. The molecule has 2 aromatic rings. The van der Waals surface area contributed by atoms with E-state index in [0.29, 0.717) is 10.9 Å². The van der Waals surface area contributed by atoms with Crippen LogP contribution >= 0.6 is 11.8 Å². The van der Waals surface area contributed by atoms with Gasteiger partial charge < -0.3 is 5.32 Å². The van der Waals surface area contributed by atoms with Crippen LogP contribution in [0.3, 0.4) is 0 Å². The minimum absolute atomic E-state index is 0.0767. The number of nitrogens with zero attached hydrogens (tertiary/aromatic N) is 2. The van der Waals surface area contributed by atoms with E-state index in [-0.39, 0.29) is 29.4 Å². The zero-order valence-corrected chi connectivity index (χ0v) is 16.7. The molecule has 1 aliphatic carbocycles. The average molecular weight is 409 g/mol. The number of carbonyl (C=O) groups is 2. The van der Waals surface area contributed by atoms with Gasteiger partial charge in [-0.15, -0.1) is 0 Å². The van der Waals surface area contributed by atoms with Crippen molar-refractivity contribution in [3.05, 3.63) is 71.7 Å². The summed E-state index contributed by atoms with van der Waals surface area (Å²) in [5, 5.41) is 2.96. The highest BCUT2D eigenvalue weighted by Gasteiger charge is 2.35. The van der Waals surface area contributed by atoms with Gasteiger partial charge in [-0.25, -0.2) is 9.38 Å². The van der Waals surface area contributed by atoms with E-state index in [0.717, 1.165) is 18.4 Å². The third-order valence-corrected chi connectivity index (χ3v) is 5.64. The van der Waals surface area contributed by atoms with Crippen molar-refractivity contribution in [3.63, 3.8) is 0 Å². The van der Waals surface area contributed by atoms with Crippen molar-refractivity contribution in [2.75, 3.05) is 4.90 Å². The summed E-state index contributed by atoms with van der Waals surface area (Å²) < 4.78 is 13.4. The van der Waals surface area contributed by atoms with Crippen molar-refractivity contribution in [1.82, 2.24) is 5.32 Å². The van der Waals surface area contributed by atoms with E-state index in [1.54, 1.807) is 13.0 Å². The van der Waals surface area contributed by atoms with Crippen LogP contribution in [-0.4, -0.2) is 28.3 Å². The second kappa shape index (κ2) is 8.21. The maximum absolute atomic E-state index is 13.4. The first-order chi connectivity index (χ1) is 14.0. The van der Waals surface area contributed by atoms with Crippen LogP contribution in [0.5, 0.6) is 0 Å². The van der Waals surface area contributed by atoms with E-state index in [1.807, 2.05) is 30.3 Å². The minimum Gasteiger partial charge on any atom is -0.352 e. The molecule has 4 rings (SSSR count). The van der Waals surface area contributed by atoms with Crippen LogP contribution < -0.4 is 10.2 Å². The van der Waals surface area contributed by atoms with E-state index in [1.165, 1.54) is 40.9 Å². The Labute approximate surface area is 172 Å². The second-order valence-corrected chi connectivity index (χ2v) is 8.30. The highest BCUT2D eigenvalue weighted by molar-refractivity contribution is 8.15. The molecule has 0 spiro atoms. The minimum atomic E-state index is -0.416. The number of hydrogen-bond donors (Lipinski definition) is 1. The molecule has 0 radical (unpaired) electrons. The Kier molecular flexibility index (Phi) is 5.49. The molecule has 1 saturated carbocycles. The molecular formula is C22H20FN3O2S. The molecule has 0 saturated heterocycles. The first-order valence-corrected chi connectivity index (χ1v) is 10.3. The van der Waals surface area contributed by atoms with E-state index in [4.69, 9.17) is 0 Å². The van der Waals surface area contributed by atoms with Crippen molar-refractivity contribution in [2.45, 2.75) is 31.1 Å². The Bertz CT molecular complexity index is 985. The summed E-state index contributed by atoms with van der Waals surface area (Å²) in [4.78, 5) is 31.4. The number of carbonyl (C=O) groups excluding carboxylic acids is 2. The lowest BCUT2D eigenvalue weighted by molar-refractivity contribution is -0.120. The van der Waals surface area contributed by atoms with Crippen molar-refractivity contribution in [1.29, 1.82) is 0 Å². The molecule has 148 valence electrons. The average Bonchev–Trinajstić information content (AvgIpc) is 3.48. The van der Waals surface area contributed by atoms with Gasteiger partial charge in [0.25, 0.3) is 5.91 Å². The fraction of sp³-hybridized carbons (Fsp3) is 0.227. The van der Waals surface area contributed by atoms with Gasteiger partial charge in [-0.05, 0) is 55.7 Å². The summed E-state index contributed by atoms with van der Waals surface area (Å²) in [6, 6.07) is 15.4. The van der Waals surface area contributed by atoms with Crippen LogP contribution in [0.1, 0.15) is 25.3 Å². The summed E-state index contributed by atoms with van der Waals surface area (Å²) in [5.74, 6) is -0.770. The van der Waals surface area contributed by atoms with Gasteiger partial charge in [0.15, 0.2) is 5.17 Å². The lowest BCUT2D eigenvalue weighted by Gasteiger charge is -2.20. The number of thioether (sulfide) groups is 1. The van der Waals surface area contributed by atoms with Gasteiger partial charge in [0, 0.05) is 6.04 Å². The van der Waals surface area contributed by atoms with Crippen LogP contribution in [0, 0.1) is 5.82 Å². The number of anilines is 1. The predicted octanol–water partition coefficient (Wildman–Crippen LogP) is 3.97. The number of aliphatic imine (C=N–C) groups is 1. The van der Waals surface area contributed by atoms with Crippen molar-refractivity contribution in [3.8, 4) is 0 Å². The van der Waals surface area contributed by atoms with Gasteiger partial charge >= 0.3 is 0 Å². The fourth-order valence-corrected chi connectivity index (χ4v) is 3.79. The first kappa shape index (κ1) is 19.4. The van der Waals surface area contributed by atoms with Gasteiger partial charge in [-0.3, -0.25) is 14.5 Å². The van der Waals surface area contributed by atoms with Crippen LogP contribution in [0.2, 0.25) is 0 Å². The van der Waals surface area contributed by atoms with Crippen LogP contribution in [-0.2, 0) is 9.59 Å². The molecule has 1 aliphatic heterocycles. The molecule has 2 aliphatic rings. The number of amidine groups is 1. The first-order valence-electron chi connectivity index (χ1n) is 9.44. The standard InChI is InChI=1S/C22H20FN3O2S/c1-14(20(27)24-17-9-10-17)29-22-25-19(13-15-5-3-2-4-6-15)21(28)26(22)18-11-7-16(23)8-12-18/h2-8,11-14,17H,9-10H2,1H3,(H,24,27)/b19-13-/t14-/m0/s1. The Hall–Kier alpha value is -2.93. The number of hydrogen-bond acceptors (Lipinski definition) is 4. The largest absolute Gasteiger partial charge is 0.352 e. The molecule has 2 amide bonds. The number of halogens is 1. The summed E-state index contributed by atoms with van der Waals surface area (Å²) >= 11 is 1.22. The molecular weight excluding hydrogens is 389 g/mol. The molecule has 0 unspecified atom stereocenters. The monoisotopic (exact) mass is 409 g/mol. The SMILES string of the molecule is C[C@H](SC1=N/C(=C\c2ccccc2)C(=O)N1c1ccc(F)cc1)C(=O)NC1CC1. The summed E-state index contributed by atoms with van der Waals surface area (Å²) in [6.07, 6.45) is 3.73. The highest BCUT2D eigenvalue weighted by Crippen LogP contribution is 2.31. The Morgan fingerprint density at radius 3 is 2.55 bits per heavy atom. The number of benzene rings is 2.